The Hall–Kier alpha value is -1.06. The molecule has 0 saturated heterocycles. The summed E-state index contributed by atoms with van der Waals surface area (Å²) >= 11 is 0. The summed E-state index contributed by atoms with van der Waals surface area (Å²) in [6.45, 7) is 2.13. The highest BCUT2D eigenvalue weighted by atomic mass is 16.4. The van der Waals surface area contributed by atoms with E-state index in [-0.39, 0.29) is 17.9 Å². The molecular weight excluding hydrogens is 266 g/mol. The van der Waals surface area contributed by atoms with Crippen molar-refractivity contribution in [3.63, 3.8) is 0 Å². The molecular formula is C17H27NO3. The predicted molar refractivity (Wildman–Crippen MR) is 79.6 cm³/mol. The van der Waals surface area contributed by atoms with Crippen LogP contribution in [0.5, 0.6) is 0 Å². The van der Waals surface area contributed by atoms with Crippen molar-refractivity contribution in [1.29, 1.82) is 0 Å². The van der Waals surface area contributed by atoms with Crippen LogP contribution in [0.2, 0.25) is 0 Å². The first kappa shape index (κ1) is 14.9. The van der Waals surface area contributed by atoms with Crippen molar-refractivity contribution in [2.45, 2.75) is 58.3 Å². The van der Waals surface area contributed by atoms with Crippen molar-refractivity contribution in [1.82, 2.24) is 5.32 Å². The Kier molecular flexibility index (Phi) is 3.98. The number of hydrogen-bond acceptors (Lipinski definition) is 2. The van der Waals surface area contributed by atoms with Gasteiger partial charge in [0.05, 0.1) is 5.92 Å². The van der Waals surface area contributed by atoms with E-state index in [0.717, 1.165) is 17.8 Å². The van der Waals surface area contributed by atoms with E-state index in [9.17, 15) is 9.59 Å². The minimum Gasteiger partial charge on any atom is -0.481 e. The summed E-state index contributed by atoms with van der Waals surface area (Å²) in [7, 11) is 0. The number of carbonyl (C=O) groups is 2. The van der Waals surface area contributed by atoms with Gasteiger partial charge in [0.25, 0.3) is 0 Å². The van der Waals surface area contributed by atoms with Crippen LogP contribution in [-0.4, -0.2) is 23.5 Å². The van der Waals surface area contributed by atoms with E-state index in [1.807, 2.05) is 6.92 Å². The van der Waals surface area contributed by atoms with Gasteiger partial charge in [-0.1, -0.05) is 6.92 Å². The minimum absolute atomic E-state index is 0.0663. The van der Waals surface area contributed by atoms with Gasteiger partial charge in [-0.05, 0) is 68.1 Å². The van der Waals surface area contributed by atoms with Gasteiger partial charge in [-0.3, -0.25) is 9.59 Å². The van der Waals surface area contributed by atoms with E-state index in [0.29, 0.717) is 12.8 Å². The van der Waals surface area contributed by atoms with E-state index in [1.165, 1.54) is 38.5 Å². The molecule has 0 aromatic rings. The lowest BCUT2D eigenvalue weighted by Gasteiger charge is -2.56. The van der Waals surface area contributed by atoms with Crippen molar-refractivity contribution < 1.29 is 14.7 Å². The molecule has 0 aliphatic heterocycles. The second kappa shape index (κ2) is 5.62. The predicted octanol–water partition coefficient (Wildman–Crippen LogP) is 2.82. The van der Waals surface area contributed by atoms with Gasteiger partial charge >= 0.3 is 5.97 Å². The van der Waals surface area contributed by atoms with Crippen molar-refractivity contribution >= 4 is 11.9 Å². The zero-order valence-corrected chi connectivity index (χ0v) is 12.9. The molecule has 0 spiro atoms. The first-order valence-electron chi connectivity index (χ1n) is 8.49. The number of hydrogen-bond donors (Lipinski definition) is 2. The second-order valence-electron chi connectivity index (χ2n) is 7.84. The third-order valence-electron chi connectivity index (χ3n) is 6.09. The Morgan fingerprint density at radius 2 is 1.67 bits per heavy atom. The van der Waals surface area contributed by atoms with Crippen molar-refractivity contribution in [2.75, 3.05) is 6.54 Å². The van der Waals surface area contributed by atoms with E-state index in [1.54, 1.807) is 0 Å². The summed E-state index contributed by atoms with van der Waals surface area (Å²) < 4.78 is 0. The third-order valence-corrected chi connectivity index (χ3v) is 6.09. The molecule has 0 aromatic heterocycles. The maximum atomic E-state index is 12.3. The largest absolute Gasteiger partial charge is 0.481 e. The van der Waals surface area contributed by atoms with Crippen molar-refractivity contribution in [2.24, 2.45) is 29.1 Å². The molecule has 4 heteroatoms. The number of aliphatic carboxylic acids is 1. The molecule has 1 atom stereocenters. The summed E-state index contributed by atoms with van der Waals surface area (Å²) in [4.78, 5) is 23.3. The maximum absolute atomic E-state index is 12.3. The van der Waals surface area contributed by atoms with Crippen LogP contribution in [-0.2, 0) is 9.59 Å². The lowest BCUT2D eigenvalue weighted by molar-refractivity contribution is -0.141. The van der Waals surface area contributed by atoms with Crippen LogP contribution >= 0.6 is 0 Å². The quantitative estimate of drug-likeness (QED) is 0.791. The molecule has 21 heavy (non-hydrogen) atoms. The fourth-order valence-corrected chi connectivity index (χ4v) is 5.55. The molecule has 0 heterocycles. The fourth-order valence-electron chi connectivity index (χ4n) is 5.55. The van der Waals surface area contributed by atoms with Gasteiger partial charge in [0.1, 0.15) is 0 Å². The fraction of sp³-hybridized carbons (Fsp3) is 0.882. The number of amides is 1. The summed E-state index contributed by atoms with van der Waals surface area (Å²) in [5.41, 5.74) is 0.240. The smallest absolute Gasteiger partial charge is 0.308 e. The van der Waals surface area contributed by atoms with Crippen LogP contribution < -0.4 is 5.32 Å². The molecule has 0 radical (unpaired) electrons. The molecule has 1 amide bonds. The van der Waals surface area contributed by atoms with E-state index < -0.39 is 11.9 Å². The van der Waals surface area contributed by atoms with Gasteiger partial charge in [-0.15, -0.1) is 0 Å². The number of nitrogens with one attached hydrogen (secondary N) is 1. The number of carbonyl (C=O) groups excluding carboxylic acids is 1. The Morgan fingerprint density at radius 1 is 1.14 bits per heavy atom. The molecule has 4 rings (SSSR count). The van der Waals surface area contributed by atoms with Crippen LogP contribution in [0.15, 0.2) is 0 Å². The summed E-state index contributed by atoms with van der Waals surface area (Å²) in [6, 6.07) is 0. The van der Waals surface area contributed by atoms with Crippen LogP contribution in [0.3, 0.4) is 0 Å². The highest BCUT2D eigenvalue weighted by Crippen LogP contribution is 2.61. The van der Waals surface area contributed by atoms with Crippen molar-refractivity contribution in [3.05, 3.63) is 0 Å². The molecule has 118 valence electrons. The van der Waals surface area contributed by atoms with Crippen molar-refractivity contribution in [3.8, 4) is 0 Å². The lowest BCUT2D eigenvalue weighted by Crippen LogP contribution is -2.48. The topological polar surface area (TPSA) is 66.4 Å². The molecule has 4 saturated carbocycles. The third kappa shape index (κ3) is 3.09. The Labute approximate surface area is 126 Å². The molecule has 4 bridgehead atoms. The van der Waals surface area contributed by atoms with Crippen LogP contribution in [0.4, 0.5) is 0 Å². The van der Waals surface area contributed by atoms with Crippen LogP contribution in [0.1, 0.15) is 58.3 Å². The zero-order chi connectivity index (χ0) is 15.0. The zero-order valence-electron chi connectivity index (χ0n) is 12.9. The first-order chi connectivity index (χ1) is 9.99. The standard InChI is InChI=1S/C17H27NO3/c1-2-14(16(20)21)10-18-15(19)9-17-6-11-3-12(7-17)5-13(4-11)8-17/h11-14H,2-10H2,1H3,(H,18,19)(H,20,21). The Balaban J connectivity index is 1.54. The molecule has 2 N–H and O–H groups in total. The summed E-state index contributed by atoms with van der Waals surface area (Å²) in [5, 5.41) is 11.9. The van der Waals surface area contributed by atoms with E-state index in [4.69, 9.17) is 5.11 Å². The molecule has 0 aromatic carbocycles. The molecule has 1 unspecified atom stereocenters. The summed E-state index contributed by atoms with van der Waals surface area (Å²) in [5.74, 6) is 1.36. The first-order valence-corrected chi connectivity index (χ1v) is 8.49. The molecule has 4 nitrogen and oxygen atoms in total. The van der Waals surface area contributed by atoms with Gasteiger partial charge in [0, 0.05) is 13.0 Å². The number of rotatable bonds is 6. The highest BCUT2D eigenvalue weighted by molar-refractivity contribution is 5.78. The monoisotopic (exact) mass is 293 g/mol. The van der Waals surface area contributed by atoms with Gasteiger partial charge in [-0.2, -0.15) is 0 Å². The molecule has 4 fully saturated rings. The average molecular weight is 293 g/mol. The van der Waals surface area contributed by atoms with E-state index >= 15 is 0 Å². The SMILES string of the molecule is CCC(CNC(=O)CC12CC3CC(CC(C3)C1)C2)C(=O)O. The number of carboxylic acid groups (broad SMARTS) is 1. The van der Waals surface area contributed by atoms with Gasteiger partial charge in [-0.25, -0.2) is 0 Å². The average Bonchev–Trinajstić information content (AvgIpc) is 2.36. The van der Waals surface area contributed by atoms with Crippen LogP contribution in [0, 0.1) is 29.1 Å². The lowest BCUT2D eigenvalue weighted by atomic mass is 9.49. The summed E-state index contributed by atoms with van der Waals surface area (Å²) in [6.07, 6.45) is 9.01. The minimum atomic E-state index is -0.812. The normalized spacial score (nSPS) is 38.2. The van der Waals surface area contributed by atoms with Gasteiger partial charge in [0.15, 0.2) is 0 Å². The van der Waals surface area contributed by atoms with Crippen LogP contribution in [0.25, 0.3) is 0 Å². The molecule has 4 aliphatic rings. The van der Waals surface area contributed by atoms with Gasteiger partial charge < -0.3 is 10.4 Å². The number of carboxylic acids is 1. The Morgan fingerprint density at radius 3 is 2.10 bits per heavy atom. The molecule has 4 aliphatic carbocycles. The second-order valence-corrected chi connectivity index (χ2v) is 7.84. The van der Waals surface area contributed by atoms with E-state index in [2.05, 4.69) is 5.32 Å². The Bertz CT molecular complexity index is 396. The maximum Gasteiger partial charge on any atom is 0.308 e. The highest BCUT2D eigenvalue weighted by Gasteiger charge is 2.51. The van der Waals surface area contributed by atoms with Gasteiger partial charge in [0.2, 0.25) is 5.91 Å².